The first-order chi connectivity index (χ1) is 21.8. The number of hydrogen-bond donors (Lipinski definition) is 0. The van der Waals surface area contributed by atoms with E-state index in [9.17, 15) is 0 Å². The first-order valence-corrected chi connectivity index (χ1v) is 15.0. The van der Waals surface area contributed by atoms with Gasteiger partial charge in [0.25, 0.3) is 0 Å². The monoisotopic (exact) mass is 593 g/mol. The summed E-state index contributed by atoms with van der Waals surface area (Å²) in [5.41, 5.74) is 4.15. The zero-order chi connectivity index (χ0) is 30.2. The molecule has 0 radical (unpaired) electrons. The van der Waals surface area contributed by atoms with Crippen molar-refractivity contribution in [2.75, 3.05) is 19.8 Å². The third-order valence-corrected chi connectivity index (χ3v) is 7.33. The Balaban J connectivity index is 1.42. The van der Waals surface area contributed by atoms with Crippen LogP contribution in [0.25, 0.3) is 4.85 Å². The number of benzene rings is 4. The number of rotatable bonds is 16. The predicted molar refractivity (Wildman–Crippen MR) is 167 cm³/mol. The van der Waals surface area contributed by atoms with Crippen LogP contribution in [-0.2, 0) is 54.8 Å². The Hall–Kier alpha value is -3.87. The Morgan fingerprint density at radius 2 is 0.955 bits per heavy atom. The average Bonchev–Trinajstić information content (AvgIpc) is 3.08. The highest BCUT2D eigenvalue weighted by molar-refractivity contribution is 5.16. The lowest BCUT2D eigenvalue weighted by Crippen LogP contribution is -2.61. The number of ether oxygens (including phenoxy) is 6. The first kappa shape index (κ1) is 31.6. The summed E-state index contributed by atoms with van der Waals surface area (Å²) in [4.78, 5) is 3.46. The van der Waals surface area contributed by atoms with Crippen molar-refractivity contribution in [3.05, 3.63) is 155 Å². The molecule has 0 N–H and O–H groups in total. The Kier molecular flexibility index (Phi) is 12.5. The SMILES string of the molecule is [C-]#[N+]CCO[C@H]1O[C@H](COCc2ccccc2)[C@@H](OCc2ccccc2)[C@H](OCc2ccccc2)[C@@H]1OCc1ccccc1. The molecule has 44 heavy (non-hydrogen) atoms. The molecule has 1 heterocycles. The van der Waals surface area contributed by atoms with Gasteiger partial charge in [-0.1, -0.05) is 121 Å². The largest absolute Gasteiger partial charge is 0.374 e. The minimum Gasteiger partial charge on any atom is -0.374 e. The lowest BCUT2D eigenvalue weighted by molar-refractivity contribution is -0.327. The normalized spacial score (nSPS) is 21.5. The van der Waals surface area contributed by atoms with Crippen LogP contribution in [0.5, 0.6) is 0 Å². The minimum atomic E-state index is -0.789. The van der Waals surface area contributed by atoms with Gasteiger partial charge < -0.3 is 33.3 Å². The summed E-state index contributed by atoms with van der Waals surface area (Å²) in [5, 5.41) is 0. The molecule has 4 aromatic rings. The highest BCUT2D eigenvalue weighted by Gasteiger charge is 2.49. The molecule has 1 fully saturated rings. The highest BCUT2D eigenvalue weighted by Crippen LogP contribution is 2.31. The zero-order valence-corrected chi connectivity index (χ0v) is 24.8. The van der Waals surface area contributed by atoms with Crippen LogP contribution in [0, 0.1) is 6.57 Å². The van der Waals surface area contributed by atoms with Gasteiger partial charge in [0.05, 0.1) is 33.0 Å². The maximum absolute atomic E-state index is 7.25. The van der Waals surface area contributed by atoms with E-state index in [0.29, 0.717) is 26.4 Å². The van der Waals surface area contributed by atoms with Crippen molar-refractivity contribution in [2.45, 2.75) is 57.1 Å². The van der Waals surface area contributed by atoms with E-state index in [0.717, 1.165) is 22.3 Å². The average molecular weight is 594 g/mol. The molecule has 1 saturated heterocycles. The van der Waals surface area contributed by atoms with Gasteiger partial charge in [0.15, 0.2) is 6.29 Å². The molecular weight excluding hydrogens is 554 g/mol. The van der Waals surface area contributed by atoms with Gasteiger partial charge in [-0.05, 0) is 22.3 Å². The molecular formula is C37H39NO6. The third kappa shape index (κ3) is 9.57. The van der Waals surface area contributed by atoms with Crippen molar-refractivity contribution in [1.82, 2.24) is 0 Å². The summed E-state index contributed by atoms with van der Waals surface area (Å²) in [7, 11) is 0. The molecule has 5 rings (SSSR count). The summed E-state index contributed by atoms with van der Waals surface area (Å²) in [6.45, 7) is 9.42. The Bertz CT molecular complexity index is 1380. The first-order valence-electron chi connectivity index (χ1n) is 15.0. The highest BCUT2D eigenvalue weighted by atomic mass is 16.7. The van der Waals surface area contributed by atoms with Crippen molar-refractivity contribution in [1.29, 1.82) is 0 Å². The molecule has 0 spiro atoms. The Morgan fingerprint density at radius 3 is 1.43 bits per heavy atom. The van der Waals surface area contributed by atoms with Crippen molar-refractivity contribution >= 4 is 0 Å². The lowest BCUT2D eigenvalue weighted by atomic mass is 9.97. The van der Waals surface area contributed by atoms with E-state index in [1.165, 1.54) is 0 Å². The van der Waals surface area contributed by atoms with Crippen LogP contribution >= 0.6 is 0 Å². The van der Waals surface area contributed by atoms with Crippen molar-refractivity contribution in [2.24, 2.45) is 0 Å². The van der Waals surface area contributed by atoms with E-state index in [1.54, 1.807) is 0 Å². The molecule has 7 nitrogen and oxygen atoms in total. The minimum absolute atomic E-state index is 0.206. The molecule has 0 amide bonds. The molecule has 1 aliphatic heterocycles. The summed E-state index contributed by atoms with van der Waals surface area (Å²) < 4.78 is 38.8. The third-order valence-electron chi connectivity index (χ3n) is 7.33. The molecule has 1 aliphatic rings. The van der Waals surface area contributed by atoms with Crippen LogP contribution in [0.1, 0.15) is 22.3 Å². The lowest BCUT2D eigenvalue weighted by Gasteiger charge is -2.45. The standard InChI is InChI=1S/C37H39NO6/c1-38-22-23-40-37-36(43-27-32-20-12-5-13-21-32)35(42-26-31-18-10-4-11-19-31)34(41-25-30-16-8-3-9-17-30)33(44-37)28-39-24-29-14-6-2-7-15-29/h2-21,33-37H,22-28H2/t33-,34-,35+,36+,37+/m1/s1. The van der Waals surface area contributed by atoms with Gasteiger partial charge >= 0.3 is 0 Å². The fourth-order valence-corrected chi connectivity index (χ4v) is 5.10. The van der Waals surface area contributed by atoms with Gasteiger partial charge in [-0.25, -0.2) is 6.57 Å². The van der Waals surface area contributed by atoms with Crippen LogP contribution in [-0.4, -0.2) is 50.5 Å². The van der Waals surface area contributed by atoms with Crippen molar-refractivity contribution in [3.63, 3.8) is 0 Å². The molecule has 0 unspecified atom stereocenters. The van der Waals surface area contributed by atoms with E-state index < -0.39 is 30.7 Å². The Labute approximate surface area is 260 Å². The second-order valence-corrected chi connectivity index (χ2v) is 10.6. The van der Waals surface area contributed by atoms with Crippen molar-refractivity contribution < 1.29 is 28.4 Å². The van der Waals surface area contributed by atoms with E-state index >= 15 is 0 Å². The summed E-state index contributed by atoms with van der Waals surface area (Å²) >= 11 is 0. The predicted octanol–water partition coefficient (Wildman–Crippen LogP) is 6.62. The van der Waals surface area contributed by atoms with Crippen LogP contribution in [0.15, 0.2) is 121 Å². The second-order valence-electron chi connectivity index (χ2n) is 10.6. The van der Waals surface area contributed by atoms with Crippen LogP contribution in [0.4, 0.5) is 0 Å². The molecule has 0 aromatic heterocycles. The molecule has 7 heteroatoms. The van der Waals surface area contributed by atoms with Gasteiger partial charge in [-0.15, -0.1) is 0 Å². The maximum atomic E-state index is 7.25. The van der Waals surface area contributed by atoms with Crippen LogP contribution < -0.4 is 0 Å². The number of nitrogens with zero attached hydrogens (tertiary/aromatic N) is 1. The Morgan fingerprint density at radius 1 is 0.523 bits per heavy atom. The fourth-order valence-electron chi connectivity index (χ4n) is 5.10. The summed E-state index contributed by atoms with van der Waals surface area (Å²) in [6.07, 6.45) is -3.02. The molecule has 0 saturated carbocycles. The molecule has 228 valence electrons. The molecule has 5 atom stereocenters. The maximum Gasteiger partial charge on any atom is 0.237 e. The van der Waals surface area contributed by atoms with Gasteiger partial charge in [0.2, 0.25) is 6.54 Å². The summed E-state index contributed by atoms with van der Waals surface area (Å²) in [6, 6.07) is 40.1. The van der Waals surface area contributed by atoms with Crippen LogP contribution in [0.3, 0.4) is 0 Å². The molecule has 0 aliphatic carbocycles. The summed E-state index contributed by atoms with van der Waals surface area (Å²) in [5.74, 6) is 0. The fraction of sp³-hybridized carbons (Fsp3) is 0.324. The van der Waals surface area contributed by atoms with E-state index in [1.807, 2.05) is 121 Å². The van der Waals surface area contributed by atoms with E-state index in [4.69, 9.17) is 35.0 Å². The van der Waals surface area contributed by atoms with Gasteiger partial charge in [-0.3, -0.25) is 0 Å². The number of hydrogen-bond acceptors (Lipinski definition) is 6. The second kappa shape index (κ2) is 17.4. The molecule has 0 bridgehead atoms. The van der Waals surface area contributed by atoms with Gasteiger partial charge in [0, 0.05) is 0 Å². The van der Waals surface area contributed by atoms with E-state index in [2.05, 4.69) is 4.85 Å². The quantitative estimate of drug-likeness (QED) is 0.108. The van der Waals surface area contributed by atoms with Crippen LogP contribution in [0.2, 0.25) is 0 Å². The topological polar surface area (TPSA) is 59.7 Å². The van der Waals surface area contributed by atoms with Gasteiger partial charge in [-0.2, -0.15) is 0 Å². The van der Waals surface area contributed by atoms with E-state index in [-0.39, 0.29) is 19.8 Å². The zero-order valence-electron chi connectivity index (χ0n) is 24.8. The smallest absolute Gasteiger partial charge is 0.237 e. The molecule has 4 aromatic carbocycles. The van der Waals surface area contributed by atoms with Gasteiger partial charge in [0.1, 0.15) is 31.0 Å². The van der Waals surface area contributed by atoms with Crippen molar-refractivity contribution in [3.8, 4) is 0 Å².